The van der Waals surface area contributed by atoms with E-state index in [4.69, 9.17) is 0 Å². The molecule has 0 spiro atoms. The number of carbonyl (C=O) groups excluding carboxylic acids is 1. The molecule has 17 heavy (non-hydrogen) atoms. The highest BCUT2D eigenvalue weighted by atomic mass is 16.1. The Balaban J connectivity index is 3.04. The van der Waals surface area contributed by atoms with E-state index in [2.05, 4.69) is 20.6 Å². The van der Waals surface area contributed by atoms with Gasteiger partial charge in [0.15, 0.2) is 0 Å². The Bertz CT molecular complexity index is 419. The van der Waals surface area contributed by atoms with E-state index in [-0.39, 0.29) is 12.5 Å². The lowest BCUT2D eigenvalue weighted by molar-refractivity contribution is -0.119. The summed E-state index contributed by atoms with van der Waals surface area (Å²) in [6.45, 7) is 4.04. The summed E-state index contributed by atoms with van der Waals surface area (Å²) in [7, 11) is 5.27. The number of anilines is 2. The third-order valence-corrected chi connectivity index (χ3v) is 2.49. The molecule has 0 fully saturated rings. The molecule has 0 aliphatic rings. The molecule has 1 amide bonds. The number of aryl methyl sites for hydroxylation is 1. The van der Waals surface area contributed by atoms with Crippen LogP contribution in [0.1, 0.15) is 11.4 Å². The lowest BCUT2D eigenvalue weighted by Gasteiger charge is -2.20. The van der Waals surface area contributed by atoms with Crippen molar-refractivity contribution < 1.29 is 4.79 Å². The normalized spacial score (nSPS) is 9.94. The molecule has 6 nitrogen and oxygen atoms in total. The summed E-state index contributed by atoms with van der Waals surface area (Å²) in [4.78, 5) is 21.8. The quantitative estimate of drug-likeness (QED) is 0.789. The number of rotatable bonds is 4. The molecule has 1 heterocycles. The highest BCUT2D eigenvalue weighted by Crippen LogP contribution is 2.21. The Morgan fingerprint density at radius 2 is 1.94 bits per heavy atom. The summed E-state index contributed by atoms with van der Waals surface area (Å²) in [5.41, 5.74) is 0.935. The van der Waals surface area contributed by atoms with Gasteiger partial charge in [-0.15, -0.1) is 0 Å². The zero-order chi connectivity index (χ0) is 13.0. The van der Waals surface area contributed by atoms with Gasteiger partial charge in [-0.1, -0.05) is 0 Å². The van der Waals surface area contributed by atoms with Crippen LogP contribution in [0.4, 0.5) is 11.6 Å². The van der Waals surface area contributed by atoms with E-state index in [1.54, 1.807) is 7.05 Å². The van der Waals surface area contributed by atoms with Crippen molar-refractivity contribution in [3.05, 3.63) is 11.4 Å². The molecular weight excluding hydrogens is 218 g/mol. The number of likely N-dealkylation sites (N-methyl/N-ethyl adjacent to an activating group) is 2. The third kappa shape index (κ3) is 3.05. The largest absolute Gasteiger partial charge is 0.373 e. The van der Waals surface area contributed by atoms with Crippen LogP contribution in [0, 0.1) is 13.8 Å². The topological polar surface area (TPSA) is 70.2 Å². The first-order valence-electron chi connectivity index (χ1n) is 5.44. The summed E-state index contributed by atoms with van der Waals surface area (Å²) in [6.07, 6.45) is 0. The number of hydrogen-bond acceptors (Lipinski definition) is 5. The van der Waals surface area contributed by atoms with E-state index in [1.807, 2.05) is 32.8 Å². The summed E-state index contributed by atoms with van der Waals surface area (Å²) in [6, 6.07) is 0. The van der Waals surface area contributed by atoms with Crippen LogP contribution in [-0.4, -0.2) is 43.6 Å². The molecule has 0 aromatic carbocycles. The minimum atomic E-state index is -0.0471. The first-order valence-corrected chi connectivity index (χ1v) is 5.44. The van der Waals surface area contributed by atoms with E-state index >= 15 is 0 Å². The first kappa shape index (κ1) is 13.2. The maximum atomic E-state index is 11.3. The van der Waals surface area contributed by atoms with Crippen molar-refractivity contribution in [2.75, 3.05) is 37.9 Å². The van der Waals surface area contributed by atoms with Gasteiger partial charge in [0, 0.05) is 26.7 Å². The van der Waals surface area contributed by atoms with Gasteiger partial charge in [-0.25, -0.2) is 9.97 Å². The zero-order valence-electron chi connectivity index (χ0n) is 11.0. The van der Waals surface area contributed by atoms with Gasteiger partial charge in [0.1, 0.15) is 17.5 Å². The molecular formula is C11H19N5O. The van der Waals surface area contributed by atoms with E-state index in [0.29, 0.717) is 5.82 Å². The van der Waals surface area contributed by atoms with Gasteiger partial charge in [-0.2, -0.15) is 0 Å². The Labute approximate surface area is 101 Å². The van der Waals surface area contributed by atoms with Crippen molar-refractivity contribution in [2.45, 2.75) is 13.8 Å². The second kappa shape index (κ2) is 5.47. The fourth-order valence-corrected chi connectivity index (χ4v) is 1.60. The molecule has 0 aliphatic carbocycles. The van der Waals surface area contributed by atoms with Crippen LogP contribution in [0.5, 0.6) is 0 Å². The number of nitrogens with zero attached hydrogens (tertiary/aromatic N) is 3. The molecule has 1 rings (SSSR count). The molecule has 0 atom stereocenters. The van der Waals surface area contributed by atoms with Crippen molar-refractivity contribution in [3.63, 3.8) is 0 Å². The average molecular weight is 237 g/mol. The first-order chi connectivity index (χ1) is 7.99. The Kier molecular flexibility index (Phi) is 4.25. The van der Waals surface area contributed by atoms with Crippen LogP contribution < -0.4 is 15.5 Å². The Morgan fingerprint density at radius 3 is 2.47 bits per heavy atom. The van der Waals surface area contributed by atoms with Crippen LogP contribution in [0.25, 0.3) is 0 Å². The number of aromatic nitrogens is 2. The SMILES string of the molecule is CNC(=O)CN(C)c1nc(C)nc(NC)c1C. The predicted octanol–water partition coefficient (Wildman–Crippen LogP) is 0.317. The molecule has 0 aliphatic heterocycles. The number of carbonyl (C=O) groups is 1. The van der Waals surface area contributed by atoms with E-state index in [1.165, 1.54) is 0 Å². The van der Waals surface area contributed by atoms with Crippen LogP contribution >= 0.6 is 0 Å². The lowest BCUT2D eigenvalue weighted by Crippen LogP contribution is -2.34. The van der Waals surface area contributed by atoms with Crippen LogP contribution in [0.15, 0.2) is 0 Å². The predicted molar refractivity (Wildman–Crippen MR) is 68.4 cm³/mol. The highest BCUT2D eigenvalue weighted by molar-refractivity contribution is 5.81. The third-order valence-electron chi connectivity index (χ3n) is 2.49. The van der Waals surface area contributed by atoms with E-state index < -0.39 is 0 Å². The van der Waals surface area contributed by atoms with Gasteiger partial charge in [-0.3, -0.25) is 4.79 Å². The fourth-order valence-electron chi connectivity index (χ4n) is 1.60. The Morgan fingerprint density at radius 1 is 1.29 bits per heavy atom. The van der Waals surface area contributed by atoms with Crippen LogP contribution in [0.3, 0.4) is 0 Å². The molecule has 94 valence electrons. The molecule has 0 saturated heterocycles. The summed E-state index contributed by atoms with van der Waals surface area (Å²) in [5.74, 6) is 2.19. The maximum Gasteiger partial charge on any atom is 0.239 e. The highest BCUT2D eigenvalue weighted by Gasteiger charge is 2.13. The summed E-state index contributed by atoms with van der Waals surface area (Å²) < 4.78 is 0. The van der Waals surface area contributed by atoms with Crippen molar-refractivity contribution >= 4 is 17.5 Å². The zero-order valence-corrected chi connectivity index (χ0v) is 11.0. The minimum Gasteiger partial charge on any atom is -0.373 e. The molecule has 0 bridgehead atoms. The van der Waals surface area contributed by atoms with Gasteiger partial charge >= 0.3 is 0 Å². The molecule has 2 N–H and O–H groups in total. The fraction of sp³-hybridized carbons (Fsp3) is 0.545. The molecule has 1 aromatic rings. The number of nitrogens with one attached hydrogen (secondary N) is 2. The van der Waals surface area contributed by atoms with Crippen molar-refractivity contribution in [1.29, 1.82) is 0 Å². The Hall–Kier alpha value is -1.85. The second-order valence-corrected chi connectivity index (χ2v) is 3.85. The molecule has 0 saturated carbocycles. The minimum absolute atomic E-state index is 0.0471. The van der Waals surface area contributed by atoms with Gasteiger partial charge in [0.05, 0.1) is 6.54 Å². The van der Waals surface area contributed by atoms with E-state index in [9.17, 15) is 4.79 Å². The van der Waals surface area contributed by atoms with Crippen LogP contribution in [-0.2, 0) is 4.79 Å². The summed E-state index contributed by atoms with van der Waals surface area (Å²) >= 11 is 0. The van der Waals surface area contributed by atoms with Crippen molar-refractivity contribution in [2.24, 2.45) is 0 Å². The standard InChI is InChI=1S/C11H19N5O/c1-7-10(13-4)14-8(2)15-11(7)16(5)6-9(17)12-3/h6H2,1-5H3,(H,12,17)(H,13,14,15). The number of amides is 1. The second-order valence-electron chi connectivity index (χ2n) is 3.85. The molecule has 0 radical (unpaired) electrons. The lowest BCUT2D eigenvalue weighted by atomic mass is 10.3. The van der Waals surface area contributed by atoms with E-state index in [0.717, 1.165) is 17.2 Å². The van der Waals surface area contributed by atoms with Gasteiger partial charge in [0.2, 0.25) is 5.91 Å². The smallest absolute Gasteiger partial charge is 0.239 e. The van der Waals surface area contributed by atoms with Crippen molar-refractivity contribution in [1.82, 2.24) is 15.3 Å². The average Bonchev–Trinajstić information content (AvgIpc) is 2.31. The monoisotopic (exact) mass is 237 g/mol. The summed E-state index contributed by atoms with van der Waals surface area (Å²) in [5, 5.41) is 5.61. The van der Waals surface area contributed by atoms with Gasteiger partial charge in [0.25, 0.3) is 0 Å². The van der Waals surface area contributed by atoms with Gasteiger partial charge < -0.3 is 15.5 Å². The van der Waals surface area contributed by atoms with Crippen molar-refractivity contribution in [3.8, 4) is 0 Å². The molecule has 1 aromatic heterocycles. The number of hydrogen-bond donors (Lipinski definition) is 2. The maximum absolute atomic E-state index is 11.3. The molecule has 6 heteroatoms. The molecule has 0 unspecified atom stereocenters. The van der Waals surface area contributed by atoms with Gasteiger partial charge in [-0.05, 0) is 13.8 Å². The van der Waals surface area contributed by atoms with Crippen LogP contribution in [0.2, 0.25) is 0 Å².